The van der Waals surface area contributed by atoms with Crippen molar-refractivity contribution in [3.05, 3.63) is 235 Å². The number of benzene rings is 9. The van der Waals surface area contributed by atoms with Crippen LogP contribution in [0.3, 0.4) is 0 Å². The number of rotatable bonds is 7. The summed E-state index contributed by atoms with van der Waals surface area (Å²) in [5.41, 5.74) is 23.6. The Bertz CT molecular complexity index is 3130. The lowest BCUT2D eigenvalue weighted by Crippen LogP contribution is -2.15. The first kappa shape index (κ1) is 36.8. The zero-order valence-electron chi connectivity index (χ0n) is 35.2. The molecule has 0 atom stereocenters. The third kappa shape index (κ3) is 5.83. The van der Waals surface area contributed by atoms with Crippen LogP contribution >= 0.6 is 0 Å². The van der Waals surface area contributed by atoms with E-state index in [0.717, 1.165) is 17.1 Å². The van der Waals surface area contributed by atoms with Crippen molar-refractivity contribution in [3.8, 4) is 66.8 Å². The maximum atomic E-state index is 2.52. The highest BCUT2D eigenvalue weighted by atomic mass is 15.1. The zero-order valence-corrected chi connectivity index (χ0v) is 35.2. The summed E-state index contributed by atoms with van der Waals surface area (Å²) in [5, 5.41) is 0. The van der Waals surface area contributed by atoms with Crippen molar-refractivity contribution < 1.29 is 0 Å². The number of anilines is 3. The molecule has 9 aromatic carbocycles. The smallest absolute Gasteiger partial charge is 0.0540 e. The molecule has 0 saturated heterocycles. The summed E-state index contributed by atoms with van der Waals surface area (Å²) in [6, 6.07) is 78.6. The van der Waals surface area contributed by atoms with Crippen LogP contribution < -0.4 is 4.90 Å². The van der Waals surface area contributed by atoms with E-state index in [1.54, 1.807) is 0 Å². The second kappa shape index (κ2) is 14.2. The van der Waals surface area contributed by atoms with E-state index in [-0.39, 0.29) is 10.8 Å². The minimum absolute atomic E-state index is 0.109. The van der Waals surface area contributed by atoms with Crippen LogP contribution in [0, 0.1) is 0 Å². The average Bonchev–Trinajstić information content (AvgIpc) is 3.69. The van der Waals surface area contributed by atoms with Gasteiger partial charge in [0, 0.05) is 27.6 Å². The van der Waals surface area contributed by atoms with Crippen molar-refractivity contribution in [2.24, 2.45) is 0 Å². The van der Waals surface area contributed by atoms with E-state index in [1.165, 1.54) is 89.0 Å². The van der Waals surface area contributed by atoms with E-state index >= 15 is 0 Å². The zero-order chi connectivity index (χ0) is 41.3. The second-order valence-corrected chi connectivity index (χ2v) is 17.7. The van der Waals surface area contributed by atoms with Crippen LogP contribution in [0.2, 0.25) is 0 Å². The van der Waals surface area contributed by atoms with Crippen LogP contribution in [0.15, 0.2) is 212 Å². The lowest BCUT2D eigenvalue weighted by Gasteiger charge is -2.31. The molecule has 292 valence electrons. The number of hydrogen-bond donors (Lipinski definition) is 0. The molecule has 1 nitrogen and oxygen atoms in total. The Hall–Kier alpha value is -7.22. The molecule has 0 spiro atoms. The summed E-state index contributed by atoms with van der Waals surface area (Å²) < 4.78 is 0. The fourth-order valence-corrected chi connectivity index (χ4v) is 10.5. The molecule has 0 amide bonds. The Balaban J connectivity index is 1.17. The molecule has 0 heterocycles. The summed E-state index contributed by atoms with van der Waals surface area (Å²) in [5.74, 6) is 0. The highest BCUT2D eigenvalue weighted by molar-refractivity contribution is 6.01. The van der Waals surface area contributed by atoms with Gasteiger partial charge in [-0.3, -0.25) is 0 Å². The molecule has 0 unspecified atom stereocenters. The van der Waals surface area contributed by atoms with E-state index in [4.69, 9.17) is 0 Å². The Morgan fingerprint density at radius 1 is 0.279 bits per heavy atom. The van der Waals surface area contributed by atoms with Gasteiger partial charge in [-0.05, 0) is 108 Å². The fraction of sp³-hybridized carbons (Fsp3) is 0.100. The Kier molecular flexibility index (Phi) is 8.58. The SMILES string of the molecule is CC1(C)c2ccccc2-c2ccc(-c3ccccc3N(c3ccc(-c4ccccc4)c(-c4ccccc4)c3)c3ccccc3-c3cccc4c3-c3ccccc3C4(C)C)cc21. The highest BCUT2D eigenvalue weighted by Crippen LogP contribution is 2.55. The number of fused-ring (bicyclic) bond motifs is 6. The largest absolute Gasteiger partial charge is 0.309 e. The van der Waals surface area contributed by atoms with E-state index < -0.39 is 0 Å². The summed E-state index contributed by atoms with van der Waals surface area (Å²) in [7, 11) is 0. The molecular weight excluding hydrogens is 735 g/mol. The van der Waals surface area contributed by atoms with Crippen molar-refractivity contribution in [2.45, 2.75) is 38.5 Å². The van der Waals surface area contributed by atoms with Crippen molar-refractivity contribution in [3.63, 3.8) is 0 Å². The highest BCUT2D eigenvalue weighted by Gasteiger charge is 2.38. The first-order chi connectivity index (χ1) is 29.8. The van der Waals surface area contributed by atoms with Gasteiger partial charge in [0.25, 0.3) is 0 Å². The van der Waals surface area contributed by atoms with Crippen LogP contribution in [-0.4, -0.2) is 0 Å². The van der Waals surface area contributed by atoms with Crippen LogP contribution in [0.1, 0.15) is 49.9 Å². The second-order valence-electron chi connectivity index (χ2n) is 17.7. The average molecular weight is 782 g/mol. The summed E-state index contributed by atoms with van der Waals surface area (Å²) in [4.78, 5) is 2.52. The Morgan fingerprint density at radius 3 is 1.46 bits per heavy atom. The topological polar surface area (TPSA) is 3.24 Å². The van der Waals surface area contributed by atoms with E-state index in [2.05, 4.69) is 245 Å². The van der Waals surface area contributed by atoms with Crippen LogP contribution in [0.25, 0.3) is 66.8 Å². The Morgan fingerprint density at radius 2 is 0.754 bits per heavy atom. The normalized spacial score (nSPS) is 13.8. The third-order valence-corrected chi connectivity index (χ3v) is 13.5. The van der Waals surface area contributed by atoms with Crippen molar-refractivity contribution in [1.82, 2.24) is 0 Å². The quantitative estimate of drug-likeness (QED) is 0.156. The first-order valence-electron chi connectivity index (χ1n) is 21.5. The van der Waals surface area contributed by atoms with Crippen molar-refractivity contribution in [1.29, 1.82) is 0 Å². The van der Waals surface area contributed by atoms with Crippen LogP contribution in [0.5, 0.6) is 0 Å². The predicted octanol–water partition coefficient (Wildman–Crippen LogP) is 16.4. The lowest BCUT2D eigenvalue weighted by molar-refractivity contribution is 0.660. The van der Waals surface area contributed by atoms with Gasteiger partial charge < -0.3 is 4.90 Å². The first-order valence-corrected chi connectivity index (χ1v) is 21.5. The predicted molar refractivity (Wildman–Crippen MR) is 258 cm³/mol. The molecule has 61 heavy (non-hydrogen) atoms. The maximum absolute atomic E-state index is 2.52. The van der Waals surface area contributed by atoms with Gasteiger partial charge in [0.1, 0.15) is 0 Å². The van der Waals surface area contributed by atoms with Crippen molar-refractivity contribution in [2.75, 3.05) is 4.90 Å². The van der Waals surface area contributed by atoms with Gasteiger partial charge in [-0.2, -0.15) is 0 Å². The molecular formula is C60H47N. The maximum Gasteiger partial charge on any atom is 0.0540 e. The summed E-state index contributed by atoms with van der Waals surface area (Å²) in [6.07, 6.45) is 0. The van der Waals surface area contributed by atoms with E-state index in [1.807, 2.05) is 0 Å². The van der Waals surface area contributed by atoms with Gasteiger partial charge in [0.05, 0.1) is 11.4 Å². The van der Waals surface area contributed by atoms with Gasteiger partial charge in [-0.15, -0.1) is 0 Å². The standard InChI is InChI=1S/C60H47N/c1-59(2)53-30-16-12-27-50(53)58-49(28-19-31-54(58)59)48-26-14-18-33-57(48)61(43-35-37-44(40-20-7-5-8-21-40)51(39-43)41-22-9-6-10-23-41)56-32-17-13-24-45(56)42-34-36-47-46-25-11-15-29-52(46)60(3,4)55(47)38-42/h5-39H,1-4H3. The minimum atomic E-state index is -0.112. The fourth-order valence-electron chi connectivity index (χ4n) is 10.5. The molecule has 0 saturated carbocycles. The van der Waals surface area contributed by atoms with Gasteiger partial charge in [-0.25, -0.2) is 0 Å². The number of hydrogen-bond acceptors (Lipinski definition) is 1. The third-order valence-electron chi connectivity index (χ3n) is 13.5. The molecule has 9 aromatic rings. The lowest BCUT2D eigenvalue weighted by atomic mass is 9.81. The van der Waals surface area contributed by atoms with Gasteiger partial charge in [-0.1, -0.05) is 210 Å². The van der Waals surface area contributed by atoms with E-state index in [0.29, 0.717) is 0 Å². The van der Waals surface area contributed by atoms with Crippen molar-refractivity contribution >= 4 is 17.1 Å². The Labute approximate surface area is 360 Å². The molecule has 0 N–H and O–H groups in total. The monoisotopic (exact) mass is 781 g/mol. The molecule has 0 aromatic heterocycles. The molecule has 2 aliphatic carbocycles. The molecule has 2 aliphatic rings. The molecule has 0 fully saturated rings. The van der Waals surface area contributed by atoms with Gasteiger partial charge >= 0.3 is 0 Å². The molecule has 0 bridgehead atoms. The van der Waals surface area contributed by atoms with E-state index in [9.17, 15) is 0 Å². The minimum Gasteiger partial charge on any atom is -0.309 e. The number of para-hydroxylation sites is 2. The molecule has 0 aliphatic heterocycles. The molecule has 11 rings (SSSR count). The summed E-state index contributed by atoms with van der Waals surface area (Å²) >= 11 is 0. The molecule has 1 heteroatoms. The molecule has 0 radical (unpaired) electrons. The summed E-state index contributed by atoms with van der Waals surface area (Å²) in [6.45, 7) is 9.47. The van der Waals surface area contributed by atoms with Crippen LogP contribution in [-0.2, 0) is 10.8 Å². The van der Waals surface area contributed by atoms with Gasteiger partial charge in [0.2, 0.25) is 0 Å². The number of nitrogens with zero attached hydrogens (tertiary/aromatic N) is 1. The van der Waals surface area contributed by atoms with Crippen LogP contribution in [0.4, 0.5) is 17.1 Å². The van der Waals surface area contributed by atoms with Gasteiger partial charge in [0.15, 0.2) is 0 Å².